The molecule has 20 heavy (non-hydrogen) atoms. The topological polar surface area (TPSA) is 44.8 Å². The molecule has 0 fully saturated rings. The molecule has 1 aromatic carbocycles. The molecule has 5 heteroatoms. The number of methoxy groups -OCH3 is 1. The van der Waals surface area contributed by atoms with Gasteiger partial charge in [-0.05, 0) is 29.7 Å². The molecule has 2 aliphatic heterocycles. The smallest absolute Gasteiger partial charge is 0.373 e. The van der Waals surface area contributed by atoms with Crippen LogP contribution in [0.5, 0.6) is 0 Å². The molecule has 0 saturated heterocycles. The van der Waals surface area contributed by atoms with Crippen molar-refractivity contribution in [3.8, 4) is 0 Å². The number of halogens is 1. The summed E-state index contributed by atoms with van der Waals surface area (Å²) in [7, 11) is 1.33. The summed E-state index contributed by atoms with van der Waals surface area (Å²) in [5.74, 6) is -1.09. The van der Waals surface area contributed by atoms with Crippen molar-refractivity contribution >= 4 is 17.6 Å². The number of rotatable bonds is 1. The number of esters is 1. The number of hydrogen-bond acceptors (Lipinski definition) is 4. The van der Waals surface area contributed by atoms with Crippen LogP contribution in [0, 0.1) is 5.92 Å². The van der Waals surface area contributed by atoms with Gasteiger partial charge in [-0.3, -0.25) is 0 Å². The lowest BCUT2D eigenvalue weighted by Gasteiger charge is -2.36. The number of hydrogen-bond donors (Lipinski definition) is 0. The van der Waals surface area contributed by atoms with Crippen LogP contribution in [0.4, 0.5) is 0 Å². The highest BCUT2D eigenvalue weighted by molar-refractivity contribution is 6.30. The molecule has 4 nitrogen and oxygen atoms in total. The van der Waals surface area contributed by atoms with Crippen LogP contribution >= 0.6 is 11.6 Å². The average Bonchev–Trinajstić information content (AvgIpc) is 2.75. The minimum Gasteiger partial charge on any atom is -0.463 e. The first-order chi connectivity index (χ1) is 9.54. The molecule has 2 heterocycles. The third kappa shape index (κ3) is 2.09. The summed E-state index contributed by atoms with van der Waals surface area (Å²) < 4.78 is 16.5. The zero-order chi connectivity index (χ0) is 14.3. The van der Waals surface area contributed by atoms with Gasteiger partial charge in [-0.15, -0.1) is 0 Å². The molecular weight excluding hydrogens is 280 g/mol. The van der Waals surface area contributed by atoms with Gasteiger partial charge in [0.15, 0.2) is 0 Å². The molecular formula is C15H15ClO4. The molecule has 1 aromatic rings. The van der Waals surface area contributed by atoms with Crippen molar-refractivity contribution in [2.24, 2.45) is 5.92 Å². The number of carbonyl (C=O) groups is 1. The molecule has 1 spiro atoms. The Hall–Kier alpha value is -1.52. The summed E-state index contributed by atoms with van der Waals surface area (Å²) in [5.41, 5.74) is 1.93. The maximum atomic E-state index is 11.7. The van der Waals surface area contributed by atoms with Crippen LogP contribution in [0.25, 0.3) is 0 Å². The zero-order valence-electron chi connectivity index (χ0n) is 11.3. The Morgan fingerprint density at radius 3 is 3.05 bits per heavy atom. The van der Waals surface area contributed by atoms with E-state index >= 15 is 0 Å². The standard InChI is InChI=1S/C15H15ClO4/c1-9-5-13(14(17)18-2)20-15(7-9)12-6-11(16)4-3-10(12)8-19-15/h3-6,9H,7-8H2,1-2H3/t9-,15+/m0/s1. The van der Waals surface area contributed by atoms with E-state index in [2.05, 4.69) is 0 Å². The Balaban J connectivity index is 2.02. The normalized spacial score (nSPS) is 27.8. The van der Waals surface area contributed by atoms with Crippen LogP contribution in [-0.2, 0) is 31.4 Å². The Morgan fingerprint density at radius 1 is 1.50 bits per heavy atom. The molecule has 2 atom stereocenters. The van der Waals surface area contributed by atoms with E-state index in [1.807, 2.05) is 25.1 Å². The fourth-order valence-electron chi connectivity index (χ4n) is 2.76. The molecule has 3 rings (SSSR count). The summed E-state index contributed by atoms with van der Waals surface area (Å²) in [6.07, 6.45) is 2.41. The quantitative estimate of drug-likeness (QED) is 0.747. The Labute approximate surface area is 122 Å². The molecule has 0 radical (unpaired) electrons. The predicted molar refractivity (Wildman–Crippen MR) is 72.9 cm³/mol. The number of allylic oxidation sites excluding steroid dienone is 1. The van der Waals surface area contributed by atoms with Gasteiger partial charge in [0.05, 0.1) is 13.7 Å². The van der Waals surface area contributed by atoms with Crippen LogP contribution in [0.2, 0.25) is 5.02 Å². The summed E-state index contributed by atoms with van der Waals surface area (Å²) >= 11 is 6.07. The molecule has 0 N–H and O–H groups in total. The van der Waals surface area contributed by atoms with Crippen molar-refractivity contribution in [1.82, 2.24) is 0 Å². The van der Waals surface area contributed by atoms with Gasteiger partial charge in [0, 0.05) is 17.0 Å². The van der Waals surface area contributed by atoms with E-state index < -0.39 is 11.8 Å². The van der Waals surface area contributed by atoms with Gasteiger partial charge in [0.1, 0.15) is 0 Å². The van der Waals surface area contributed by atoms with Gasteiger partial charge >= 0.3 is 5.97 Å². The monoisotopic (exact) mass is 294 g/mol. The van der Waals surface area contributed by atoms with Gasteiger partial charge in [0.2, 0.25) is 11.5 Å². The fourth-order valence-corrected chi connectivity index (χ4v) is 2.93. The van der Waals surface area contributed by atoms with Gasteiger partial charge in [-0.1, -0.05) is 24.6 Å². The first-order valence-corrected chi connectivity index (χ1v) is 6.84. The highest BCUT2D eigenvalue weighted by Crippen LogP contribution is 2.47. The number of benzene rings is 1. The lowest BCUT2D eigenvalue weighted by molar-refractivity contribution is -0.234. The molecule has 2 aliphatic rings. The summed E-state index contributed by atoms with van der Waals surface area (Å²) in [4.78, 5) is 11.7. The second-order valence-electron chi connectivity index (χ2n) is 5.15. The molecule has 0 aromatic heterocycles. The second kappa shape index (κ2) is 4.79. The SMILES string of the molecule is COC(=O)C1=C[C@H](C)C[C@@]2(OCc3ccc(Cl)cc32)O1. The molecule has 106 valence electrons. The first-order valence-electron chi connectivity index (χ1n) is 6.46. The van der Waals surface area contributed by atoms with Gasteiger partial charge < -0.3 is 14.2 Å². The number of fused-ring (bicyclic) bond motifs is 2. The minimum absolute atomic E-state index is 0.141. The van der Waals surface area contributed by atoms with E-state index in [0.717, 1.165) is 11.1 Å². The zero-order valence-corrected chi connectivity index (χ0v) is 12.1. The maximum absolute atomic E-state index is 11.7. The van der Waals surface area contributed by atoms with Gasteiger partial charge in [0.25, 0.3) is 0 Å². The number of ether oxygens (including phenoxy) is 3. The van der Waals surface area contributed by atoms with E-state index in [0.29, 0.717) is 18.1 Å². The maximum Gasteiger partial charge on any atom is 0.373 e. The molecule has 0 aliphatic carbocycles. The third-order valence-electron chi connectivity index (χ3n) is 3.63. The second-order valence-corrected chi connectivity index (χ2v) is 5.59. The van der Waals surface area contributed by atoms with E-state index in [1.54, 1.807) is 6.08 Å². The van der Waals surface area contributed by atoms with E-state index in [4.69, 9.17) is 25.8 Å². The Morgan fingerprint density at radius 2 is 2.30 bits per heavy atom. The molecule has 0 bridgehead atoms. The van der Waals surface area contributed by atoms with Crippen molar-refractivity contribution < 1.29 is 19.0 Å². The van der Waals surface area contributed by atoms with E-state index in [9.17, 15) is 4.79 Å². The fraction of sp³-hybridized carbons (Fsp3) is 0.400. The Kier molecular flexibility index (Phi) is 3.22. The van der Waals surface area contributed by atoms with Crippen molar-refractivity contribution in [3.05, 3.63) is 46.2 Å². The van der Waals surface area contributed by atoms with Crippen LogP contribution in [-0.4, -0.2) is 13.1 Å². The minimum atomic E-state index is -0.933. The lowest BCUT2D eigenvalue weighted by Crippen LogP contribution is -2.36. The molecule has 0 amide bonds. The highest BCUT2D eigenvalue weighted by atomic mass is 35.5. The summed E-state index contributed by atoms with van der Waals surface area (Å²) in [6.45, 7) is 2.47. The number of carbonyl (C=O) groups excluding carboxylic acids is 1. The van der Waals surface area contributed by atoms with Crippen molar-refractivity contribution in [3.63, 3.8) is 0 Å². The predicted octanol–water partition coefficient (Wildman–Crippen LogP) is 3.14. The van der Waals surface area contributed by atoms with Crippen LogP contribution in [0.3, 0.4) is 0 Å². The summed E-state index contributed by atoms with van der Waals surface area (Å²) in [6, 6.07) is 5.60. The van der Waals surface area contributed by atoms with Gasteiger partial charge in [-0.2, -0.15) is 0 Å². The summed E-state index contributed by atoms with van der Waals surface area (Å²) in [5, 5.41) is 0.624. The van der Waals surface area contributed by atoms with Crippen LogP contribution in [0.1, 0.15) is 24.5 Å². The van der Waals surface area contributed by atoms with E-state index in [-0.39, 0.29) is 11.7 Å². The van der Waals surface area contributed by atoms with Crippen LogP contribution < -0.4 is 0 Å². The Bertz CT molecular complexity index is 596. The van der Waals surface area contributed by atoms with Crippen molar-refractivity contribution in [2.45, 2.75) is 25.7 Å². The largest absolute Gasteiger partial charge is 0.463 e. The molecule has 0 saturated carbocycles. The van der Waals surface area contributed by atoms with Crippen molar-refractivity contribution in [1.29, 1.82) is 0 Å². The molecule has 0 unspecified atom stereocenters. The highest BCUT2D eigenvalue weighted by Gasteiger charge is 2.47. The first kappa shape index (κ1) is 13.5. The average molecular weight is 295 g/mol. The lowest BCUT2D eigenvalue weighted by atomic mass is 9.91. The van der Waals surface area contributed by atoms with Crippen LogP contribution in [0.15, 0.2) is 30.0 Å². The van der Waals surface area contributed by atoms with E-state index in [1.165, 1.54) is 7.11 Å². The third-order valence-corrected chi connectivity index (χ3v) is 3.87. The van der Waals surface area contributed by atoms with Crippen molar-refractivity contribution in [2.75, 3.05) is 7.11 Å². The van der Waals surface area contributed by atoms with Gasteiger partial charge in [-0.25, -0.2) is 4.79 Å².